The zero-order valence-electron chi connectivity index (χ0n) is 12.7. The number of nitrogen functional groups attached to an aromatic ring is 1. The Bertz CT molecular complexity index is 863. The number of hydrogen-bond donors (Lipinski definition) is 2. The van der Waals surface area contributed by atoms with E-state index in [-0.39, 0.29) is 17.6 Å². The van der Waals surface area contributed by atoms with E-state index in [0.29, 0.717) is 20.8 Å². The SMILES string of the molecule is COc1nc(-c2csc(/C=C3\SC(=S)NC3=O)c2)nc(N)c1OC. The van der Waals surface area contributed by atoms with Crippen LogP contribution in [-0.2, 0) is 4.79 Å². The molecule has 0 radical (unpaired) electrons. The van der Waals surface area contributed by atoms with Crippen molar-refractivity contribution in [3.05, 3.63) is 21.2 Å². The molecule has 0 saturated carbocycles. The van der Waals surface area contributed by atoms with Crippen LogP contribution in [-0.4, -0.2) is 34.4 Å². The topological polar surface area (TPSA) is 99.4 Å². The largest absolute Gasteiger partial charge is 0.489 e. The molecule has 2 aromatic rings. The highest BCUT2D eigenvalue weighted by Crippen LogP contribution is 2.34. The molecule has 1 fully saturated rings. The highest BCUT2D eigenvalue weighted by Gasteiger charge is 2.22. The van der Waals surface area contributed by atoms with Crippen molar-refractivity contribution in [2.45, 2.75) is 0 Å². The molecule has 124 valence electrons. The van der Waals surface area contributed by atoms with Crippen LogP contribution < -0.4 is 20.5 Å². The van der Waals surface area contributed by atoms with Crippen LogP contribution in [0.5, 0.6) is 11.6 Å². The van der Waals surface area contributed by atoms with Crippen molar-refractivity contribution < 1.29 is 14.3 Å². The van der Waals surface area contributed by atoms with Gasteiger partial charge in [-0.2, -0.15) is 4.98 Å². The normalized spacial score (nSPS) is 15.7. The Kier molecular flexibility index (Phi) is 4.69. The van der Waals surface area contributed by atoms with Crippen molar-refractivity contribution in [1.29, 1.82) is 0 Å². The van der Waals surface area contributed by atoms with Crippen molar-refractivity contribution in [3.63, 3.8) is 0 Å². The molecule has 0 aliphatic carbocycles. The number of nitrogens with one attached hydrogen (secondary N) is 1. The molecule has 0 spiro atoms. The Balaban J connectivity index is 1.94. The van der Waals surface area contributed by atoms with Crippen LogP contribution in [0.3, 0.4) is 0 Å². The number of amides is 1. The van der Waals surface area contributed by atoms with Crippen molar-refractivity contribution in [2.24, 2.45) is 0 Å². The van der Waals surface area contributed by atoms with Gasteiger partial charge < -0.3 is 20.5 Å². The van der Waals surface area contributed by atoms with Crippen molar-refractivity contribution in [3.8, 4) is 23.0 Å². The van der Waals surface area contributed by atoms with Crippen LogP contribution in [0.2, 0.25) is 0 Å². The molecule has 0 aromatic carbocycles. The van der Waals surface area contributed by atoms with Gasteiger partial charge in [0.2, 0.25) is 5.75 Å². The van der Waals surface area contributed by atoms with E-state index in [4.69, 9.17) is 27.4 Å². The number of ether oxygens (including phenoxy) is 2. The molecule has 7 nitrogen and oxygen atoms in total. The molecule has 3 N–H and O–H groups in total. The van der Waals surface area contributed by atoms with Gasteiger partial charge in [0.25, 0.3) is 11.8 Å². The fraction of sp³-hybridized carbons (Fsp3) is 0.143. The van der Waals surface area contributed by atoms with Gasteiger partial charge in [0.05, 0.1) is 19.1 Å². The molecule has 24 heavy (non-hydrogen) atoms. The maximum absolute atomic E-state index is 11.7. The number of methoxy groups -OCH3 is 2. The number of thioether (sulfide) groups is 1. The minimum absolute atomic E-state index is 0.188. The second-order valence-corrected chi connectivity index (χ2v) is 7.23. The standard InChI is InChI=1S/C14H12N4O3S3/c1-20-9-10(15)16-11(17-13(9)21-2)6-3-7(23-5-6)4-8-12(19)18-14(22)24-8/h3-5H,1-2H3,(H2,15,16,17)(H,18,19,22)/b8-4-. The fourth-order valence-electron chi connectivity index (χ4n) is 2.00. The van der Waals surface area contributed by atoms with Gasteiger partial charge in [0, 0.05) is 15.8 Å². The van der Waals surface area contributed by atoms with Crippen LogP contribution >= 0.6 is 35.3 Å². The van der Waals surface area contributed by atoms with Crippen molar-refractivity contribution in [2.75, 3.05) is 20.0 Å². The van der Waals surface area contributed by atoms with Gasteiger partial charge in [-0.15, -0.1) is 11.3 Å². The molecule has 3 rings (SSSR count). The molecule has 0 atom stereocenters. The minimum atomic E-state index is -0.188. The van der Waals surface area contributed by atoms with E-state index in [1.165, 1.54) is 37.3 Å². The Hall–Kier alpha value is -2.17. The van der Waals surface area contributed by atoms with E-state index >= 15 is 0 Å². The molecule has 10 heteroatoms. The number of carbonyl (C=O) groups excluding carboxylic acids is 1. The summed E-state index contributed by atoms with van der Waals surface area (Å²) in [6.07, 6.45) is 1.78. The summed E-state index contributed by atoms with van der Waals surface area (Å²) in [5.74, 6) is 0.992. The monoisotopic (exact) mass is 380 g/mol. The number of aromatic nitrogens is 2. The number of thiophene rings is 1. The summed E-state index contributed by atoms with van der Waals surface area (Å²) in [6, 6.07) is 1.87. The van der Waals surface area contributed by atoms with Crippen LogP contribution in [0.1, 0.15) is 4.88 Å². The van der Waals surface area contributed by atoms with Crippen LogP contribution in [0.15, 0.2) is 16.4 Å². The van der Waals surface area contributed by atoms with E-state index in [1.54, 1.807) is 6.08 Å². The van der Waals surface area contributed by atoms with Gasteiger partial charge in [-0.25, -0.2) is 4.98 Å². The molecule has 1 amide bonds. The molecular formula is C14H12N4O3S3. The van der Waals surface area contributed by atoms with Crippen LogP contribution in [0.25, 0.3) is 17.5 Å². The zero-order valence-corrected chi connectivity index (χ0v) is 15.1. The van der Waals surface area contributed by atoms with Crippen LogP contribution in [0.4, 0.5) is 5.82 Å². The van der Waals surface area contributed by atoms with Crippen LogP contribution in [0, 0.1) is 0 Å². The highest BCUT2D eigenvalue weighted by atomic mass is 32.2. The predicted molar refractivity (Wildman–Crippen MR) is 99.2 cm³/mol. The Morgan fingerprint density at radius 1 is 1.33 bits per heavy atom. The predicted octanol–water partition coefficient (Wildman–Crippen LogP) is 2.29. The number of thiocarbonyl (C=S) groups is 1. The number of nitrogens with zero attached hydrogens (tertiary/aromatic N) is 2. The van der Waals surface area contributed by atoms with Gasteiger partial charge in [0.15, 0.2) is 11.6 Å². The second kappa shape index (κ2) is 6.75. The van der Waals surface area contributed by atoms with Gasteiger partial charge in [0.1, 0.15) is 4.32 Å². The summed E-state index contributed by atoms with van der Waals surface area (Å²) < 4.78 is 10.8. The van der Waals surface area contributed by atoms with Gasteiger partial charge in [-0.3, -0.25) is 4.79 Å². The number of nitrogens with two attached hydrogens (primary N) is 1. The molecule has 1 aliphatic heterocycles. The first-order chi connectivity index (χ1) is 11.5. The third-order valence-electron chi connectivity index (χ3n) is 3.05. The highest BCUT2D eigenvalue weighted by molar-refractivity contribution is 8.26. The van der Waals surface area contributed by atoms with E-state index in [0.717, 1.165) is 10.4 Å². The first-order valence-corrected chi connectivity index (χ1v) is 8.71. The summed E-state index contributed by atoms with van der Waals surface area (Å²) in [6.45, 7) is 0. The maximum Gasteiger partial charge on any atom is 0.263 e. The Labute approximate surface area is 151 Å². The van der Waals surface area contributed by atoms with Gasteiger partial charge in [-0.05, 0) is 12.1 Å². The van der Waals surface area contributed by atoms with Crippen molar-refractivity contribution >= 4 is 57.4 Å². The Morgan fingerprint density at radius 3 is 2.75 bits per heavy atom. The summed E-state index contributed by atoms with van der Waals surface area (Å²) >= 11 is 7.67. The lowest BCUT2D eigenvalue weighted by Gasteiger charge is -2.09. The molecule has 1 saturated heterocycles. The number of hydrogen-bond acceptors (Lipinski definition) is 9. The van der Waals surface area contributed by atoms with Gasteiger partial charge in [-0.1, -0.05) is 24.0 Å². The first kappa shape index (κ1) is 16.7. The molecule has 0 bridgehead atoms. The van der Waals surface area contributed by atoms with E-state index in [2.05, 4.69) is 15.3 Å². The van der Waals surface area contributed by atoms with E-state index < -0.39 is 0 Å². The molecule has 3 heterocycles. The summed E-state index contributed by atoms with van der Waals surface area (Å²) in [4.78, 5) is 21.7. The van der Waals surface area contributed by atoms with Gasteiger partial charge >= 0.3 is 0 Å². The smallest absolute Gasteiger partial charge is 0.263 e. The summed E-state index contributed by atoms with van der Waals surface area (Å²) in [5, 5.41) is 4.46. The maximum atomic E-state index is 11.7. The molecular weight excluding hydrogens is 368 g/mol. The third kappa shape index (κ3) is 3.21. The molecule has 1 aliphatic rings. The summed E-state index contributed by atoms with van der Waals surface area (Å²) in [7, 11) is 2.96. The van der Waals surface area contributed by atoms with E-state index in [9.17, 15) is 4.79 Å². The number of anilines is 1. The lowest BCUT2D eigenvalue weighted by molar-refractivity contribution is -0.115. The number of rotatable bonds is 4. The third-order valence-corrected chi connectivity index (χ3v) is 5.09. The fourth-order valence-corrected chi connectivity index (χ4v) is 3.93. The first-order valence-electron chi connectivity index (χ1n) is 6.61. The average Bonchev–Trinajstić information content (AvgIpc) is 3.13. The molecule has 0 unspecified atom stereocenters. The lowest BCUT2D eigenvalue weighted by atomic mass is 10.2. The minimum Gasteiger partial charge on any atom is -0.489 e. The van der Waals surface area contributed by atoms with Crippen molar-refractivity contribution in [1.82, 2.24) is 15.3 Å². The quantitative estimate of drug-likeness (QED) is 0.616. The second-order valence-electron chi connectivity index (χ2n) is 4.56. The zero-order chi connectivity index (χ0) is 17.3. The Morgan fingerprint density at radius 2 is 2.12 bits per heavy atom. The van der Waals surface area contributed by atoms with E-state index in [1.807, 2.05) is 11.4 Å². The average molecular weight is 380 g/mol. The molecule has 2 aromatic heterocycles. The summed E-state index contributed by atoms with van der Waals surface area (Å²) in [5.41, 5.74) is 6.65. The lowest BCUT2D eigenvalue weighted by Crippen LogP contribution is -2.17. The number of carbonyl (C=O) groups is 1.